The normalized spacial score (nSPS) is 18.9. The van der Waals surface area contributed by atoms with E-state index in [-0.39, 0.29) is 29.7 Å². The molecule has 5 atom stereocenters. The van der Waals surface area contributed by atoms with E-state index < -0.39 is 30.3 Å². The number of rotatable bonds is 11. The highest BCUT2D eigenvalue weighted by molar-refractivity contribution is 6.07. The molecule has 3 aliphatic heterocycles. The number of benzene rings is 4. The molecule has 2 aromatic heterocycles. The molecule has 16 nitrogen and oxygen atoms in total. The SMILES string of the molecule is COCC1C[C@@H](c2nc3ccc4cc5c(cc4c3[nH]2)OCc2cc(-c3cnc([C@@H]4CCCN4C(=O)[C@@H](NC(=O)OC)C(C)C)[nH]3)ccc2-5)N(C(=O)[C@H](NC(=O)OC)c2ccccc2)C1. The Kier molecular flexibility index (Phi) is 11.7. The number of carbonyl (C=O) groups is 4. The number of likely N-dealkylation sites (tertiary alicyclic amines) is 2. The Morgan fingerprint density at radius 1 is 0.859 bits per heavy atom. The van der Waals surface area contributed by atoms with Crippen LogP contribution >= 0.6 is 0 Å². The standard InChI is InChI=1S/C48H52N8O8/c1-26(2)40(53-47(59)62-4)45(57)55-17-9-12-37(55)43-49-22-36(51-43)30-13-15-32-31(19-30)25-64-39-21-33-29(20-34(32)39)14-16-35-42(33)52-44(50-35)38-18-27(24-61-3)23-56(38)46(58)41(54-48(60)63-5)28-10-7-6-8-11-28/h6-8,10-11,13-16,19-22,26-27,37-38,40-41H,9,12,17-18,23-25H2,1-5H3,(H,49,51)(H,50,52)(H,53,59)(H,54,60)/t27?,37-,38-,40-,41+/m0/s1. The predicted octanol–water partition coefficient (Wildman–Crippen LogP) is 7.34. The van der Waals surface area contributed by atoms with Crippen molar-refractivity contribution in [2.75, 3.05) is 41.0 Å². The van der Waals surface area contributed by atoms with Crippen LogP contribution in [0, 0.1) is 11.8 Å². The fourth-order valence-corrected chi connectivity index (χ4v) is 9.54. The van der Waals surface area contributed by atoms with Gasteiger partial charge in [0.05, 0.1) is 55.8 Å². The molecule has 0 aliphatic carbocycles. The largest absolute Gasteiger partial charge is 0.488 e. The minimum Gasteiger partial charge on any atom is -0.488 e. The van der Waals surface area contributed by atoms with Gasteiger partial charge in [-0.1, -0.05) is 62.4 Å². The van der Waals surface area contributed by atoms with Crippen molar-refractivity contribution in [1.29, 1.82) is 0 Å². The number of carbonyl (C=O) groups excluding carboxylic acids is 4. The van der Waals surface area contributed by atoms with Gasteiger partial charge >= 0.3 is 12.2 Å². The first kappa shape index (κ1) is 42.4. The summed E-state index contributed by atoms with van der Waals surface area (Å²) < 4.78 is 21.7. The number of hydrogen-bond donors (Lipinski definition) is 4. The third-order valence-electron chi connectivity index (χ3n) is 12.7. The third-order valence-corrected chi connectivity index (χ3v) is 12.7. The molecule has 5 heterocycles. The Hall–Kier alpha value is -6.94. The Morgan fingerprint density at radius 3 is 2.42 bits per heavy atom. The molecular formula is C48H52N8O8. The number of imidazole rings is 2. The van der Waals surface area contributed by atoms with Gasteiger partial charge in [0, 0.05) is 37.1 Å². The van der Waals surface area contributed by atoms with Crippen LogP contribution in [0.4, 0.5) is 9.59 Å². The highest BCUT2D eigenvalue weighted by Gasteiger charge is 2.42. The van der Waals surface area contributed by atoms with E-state index in [1.54, 1.807) is 23.1 Å². The highest BCUT2D eigenvalue weighted by Crippen LogP contribution is 2.44. The molecule has 64 heavy (non-hydrogen) atoms. The first-order chi connectivity index (χ1) is 31.0. The van der Waals surface area contributed by atoms with Crippen LogP contribution < -0.4 is 15.4 Å². The van der Waals surface area contributed by atoms with Gasteiger partial charge in [-0.15, -0.1) is 0 Å². The zero-order valence-corrected chi connectivity index (χ0v) is 36.5. The summed E-state index contributed by atoms with van der Waals surface area (Å²) in [7, 11) is 4.22. The average molecular weight is 869 g/mol. The van der Waals surface area contributed by atoms with E-state index in [2.05, 4.69) is 57.0 Å². The zero-order chi connectivity index (χ0) is 44.6. The molecule has 0 bridgehead atoms. The fraction of sp³-hybridized carbons (Fsp3) is 0.375. The van der Waals surface area contributed by atoms with Crippen molar-refractivity contribution in [3.05, 3.63) is 102 Å². The fourth-order valence-electron chi connectivity index (χ4n) is 9.54. The van der Waals surface area contributed by atoms with E-state index in [4.69, 9.17) is 28.9 Å². The van der Waals surface area contributed by atoms with Crippen molar-refractivity contribution in [3.8, 4) is 28.1 Å². The molecule has 4 aromatic carbocycles. The molecule has 0 spiro atoms. The molecule has 0 saturated carbocycles. The lowest BCUT2D eigenvalue weighted by molar-refractivity contribution is -0.136. The van der Waals surface area contributed by atoms with Crippen molar-refractivity contribution >= 4 is 45.8 Å². The van der Waals surface area contributed by atoms with Gasteiger partial charge in [-0.3, -0.25) is 9.59 Å². The Bertz CT molecular complexity index is 2730. The second-order valence-electron chi connectivity index (χ2n) is 17.1. The van der Waals surface area contributed by atoms with E-state index in [9.17, 15) is 19.2 Å². The molecule has 1 unspecified atom stereocenters. The Labute approximate surface area is 370 Å². The Balaban J connectivity index is 0.977. The predicted molar refractivity (Wildman–Crippen MR) is 238 cm³/mol. The topological polar surface area (TPSA) is 193 Å². The molecule has 9 rings (SSSR count). The quantitative estimate of drug-likeness (QED) is 0.102. The maximum Gasteiger partial charge on any atom is 0.407 e. The minimum atomic E-state index is -0.954. The second-order valence-corrected chi connectivity index (χ2v) is 17.1. The number of nitrogens with one attached hydrogen (secondary N) is 4. The van der Waals surface area contributed by atoms with Gasteiger partial charge in [0.1, 0.15) is 36.1 Å². The van der Waals surface area contributed by atoms with E-state index >= 15 is 0 Å². The number of hydrogen-bond acceptors (Lipinski definition) is 10. The molecule has 4 N–H and O–H groups in total. The smallest absolute Gasteiger partial charge is 0.407 e. The number of ether oxygens (including phenoxy) is 4. The summed E-state index contributed by atoms with van der Waals surface area (Å²) in [5.74, 6) is 1.63. The van der Waals surface area contributed by atoms with Crippen LogP contribution in [0.15, 0.2) is 79.0 Å². The van der Waals surface area contributed by atoms with E-state index in [1.165, 1.54) is 14.2 Å². The monoisotopic (exact) mass is 868 g/mol. The van der Waals surface area contributed by atoms with E-state index in [0.29, 0.717) is 49.9 Å². The van der Waals surface area contributed by atoms with Crippen molar-refractivity contribution < 1.29 is 38.1 Å². The second kappa shape index (κ2) is 17.7. The van der Waals surface area contributed by atoms with E-state index in [0.717, 1.165) is 68.3 Å². The highest BCUT2D eigenvalue weighted by atomic mass is 16.5. The molecule has 2 fully saturated rings. The lowest BCUT2D eigenvalue weighted by atomic mass is 9.92. The van der Waals surface area contributed by atoms with Gasteiger partial charge < -0.3 is 49.3 Å². The number of aromatic nitrogens is 4. The lowest BCUT2D eigenvalue weighted by Crippen LogP contribution is -2.51. The van der Waals surface area contributed by atoms with Crippen LogP contribution in [-0.4, -0.2) is 101 Å². The van der Waals surface area contributed by atoms with Crippen LogP contribution in [0.3, 0.4) is 0 Å². The maximum atomic E-state index is 14.4. The number of amides is 4. The van der Waals surface area contributed by atoms with Gasteiger partial charge in [-0.25, -0.2) is 19.6 Å². The molecule has 4 amide bonds. The third kappa shape index (κ3) is 7.97. The van der Waals surface area contributed by atoms with Crippen LogP contribution in [0.25, 0.3) is 44.2 Å². The summed E-state index contributed by atoms with van der Waals surface area (Å²) in [4.78, 5) is 73.1. The number of aromatic amines is 2. The van der Waals surface area contributed by atoms with Gasteiger partial charge in [0.15, 0.2) is 0 Å². The Morgan fingerprint density at radius 2 is 1.66 bits per heavy atom. The van der Waals surface area contributed by atoms with Gasteiger partial charge in [0.2, 0.25) is 5.91 Å². The summed E-state index contributed by atoms with van der Waals surface area (Å²) in [6.45, 7) is 5.64. The van der Waals surface area contributed by atoms with Gasteiger partial charge in [-0.2, -0.15) is 0 Å². The molecular weight excluding hydrogens is 817 g/mol. The summed E-state index contributed by atoms with van der Waals surface area (Å²) in [5, 5.41) is 7.40. The number of methoxy groups -OCH3 is 3. The summed E-state index contributed by atoms with van der Waals surface area (Å²) in [5.41, 5.74) is 7.11. The molecule has 2 saturated heterocycles. The summed E-state index contributed by atoms with van der Waals surface area (Å²) in [6, 6.07) is 21.4. The van der Waals surface area contributed by atoms with Gasteiger partial charge in [-0.05, 0) is 77.1 Å². The first-order valence-electron chi connectivity index (χ1n) is 21.7. The first-order valence-corrected chi connectivity index (χ1v) is 21.7. The number of nitrogens with zero attached hydrogens (tertiary/aromatic N) is 4. The number of alkyl carbamates (subject to hydrolysis) is 2. The summed E-state index contributed by atoms with van der Waals surface area (Å²) >= 11 is 0. The minimum absolute atomic E-state index is 0.0592. The summed E-state index contributed by atoms with van der Waals surface area (Å²) in [6.07, 6.45) is 2.69. The zero-order valence-electron chi connectivity index (χ0n) is 36.5. The molecule has 3 aliphatic rings. The van der Waals surface area contributed by atoms with Crippen molar-refractivity contribution in [2.24, 2.45) is 11.8 Å². The van der Waals surface area contributed by atoms with Crippen molar-refractivity contribution in [3.63, 3.8) is 0 Å². The average Bonchev–Trinajstić information content (AvgIpc) is 4.15. The molecule has 6 aromatic rings. The molecule has 332 valence electrons. The van der Waals surface area contributed by atoms with Gasteiger partial charge in [0.25, 0.3) is 5.91 Å². The van der Waals surface area contributed by atoms with E-state index in [1.807, 2.05) is 50.2 Å². The number of H-pyrrole nitrogens is 2. The van der Waals surface area contributed by atoms with Crippen LogP contribution in [-0.2, 0) is 30.4 Å². The van der Waals surface area contributed by atoms with Crippen LogP contribution in [0.2, 0.25) is 0 Å². The van der Waals surface area contributed by atoms with Crippen molar-refractivity contribution in [1.82, 2.24) is 40.4 Å². The number of fused-ring (bicyclic) bond motifs is 6. The van der Waals surface area contributed by atoms with Crippen LogP contribution in [0.5, 0.6) is 5.75 Å². The van der Waals surface area contributed by atoms with Crippen LogP contribution in [0.1, 0.15) is 74.0 Å². The lowest BCUT2D eigenvalue weighted by Gasteiger charge is -2.30. The van der Waals surface area contributed by atoms with Crippen molar-refractivity contribution in [2.45, 2.75) is 63.9 Å². The maximum absolute atomic E-state index is 14.4. The molecule has 0 radical (unpaired) electrons. The molecule has 16 heteroatoms.